The third-order valence-electron chi connectivity index (χ3n) is 4.02. The van der Waals surface area contributed by atoms with Gasteiger partial charge in [-0.25, -0.2) is 0 Å². The van der Waals surface area contributed by atoms with Gasteiger partial charge in [0.2, 0.25) is 0 Å². The highest BCUT2D eigenvalue weighted by molar-refractivity contribution is 5.81. The van der Waals surface area contributed by atoms with Crippen molar-refractivity contribution in [2.75, 3.05) is 25.0 Å². The average molecular weight is 272 g/mol. The predicted molar refractivity (Wildman–Crippen MR) is 84.0 cm³/mol. The Hall–Kier alpha value is -1.55. The van der Waals surface area contributed by atoms with Crippen LogP contribution in [0.2, 0.25) is 0 Å². The highest BCUT2D eigenvalue weighted by Crippen LogP contribution is 2.21. The number of benzene rings is 1. The Bertz CT molecular complexity index is 552. The minimum absolute atomic E-state index is 0.600. The van der Waals surface area contributed by atoms with Crippen LogP contribution in [-0.4, -0.2) is 40.8 Å². The molecule has 3 rings (SSSR count). The minimum atomic E-state index is 0.600. The van der Waals surface area contributed by atoms with Crippen LogP contribution in [0.3, 0.4) is 0 Å². The van der Waals surface area contributed by atoms with E-state index in [-0.39, 0.29) is 0 Å². The summed E-state index contributed by atoms with van der Waals surface area (Å²) in [5, 5.41) is 11.9. The van der Waals surface area contributed by atoms with E-state index in [1.807, 2.05) is 6.20 Å². The van der Waals surface area contributed by atoms with Crippen molar-refractivity contribution >= 4 is 16.6 Å². The van der Waals surface area contributed by atoms with Gasteiger partial charge in [-0.05, 0) is 37.0 Å². The van der Waals surface area contributed by atoms with Crippen molar-refractivity contribution in [3.05, 3.63) is 24.4 Å². The molecule has 0 atom stereocenters. The SMILES string of the molecule is CC(C)CN1CCC(Nc2ccc3[nH]ncc3c2)CC1. The van der Waals surface area contributed by atoms with E-state index in [0.29, 0.717) is 6.04 Å². The number of piperidine rings is 1. The summed E-state index contributed by atoms with van der Waals surface area (Å²) in [5.41, 5.74) is 2.31. The fourth-order valence-electron chi connectivity index (χ4n) is 3.04. The van der Waals surface area contributed by atoms with Crippen molar-refractivity contribution in [1.82, 2.24) is 15.1 Å². The number of anilines is 1. The molecule has 1 saturated heterocycles. The molecular weight excluding hydrogens is 248 g/mol. The summed E-state index contributed by atoms with van der Waals surface area (Å²) in [4.78, 5) is 2.59. The Balaban J connectivity index is 1.56. The van der Waals surface area contributed by atoms with Crippen molar-refractivity contribution in [2.24, 2.45) is 5.92 Å². The third kappa shape index (κ3) is 3.12. The summed E-state index contributed by atoms with van der Waals surface area (Å²) in [6.07, 6.45) is 4.35. The number of likely N-dealkylation sites (tertiary alicyclic amines) is 1. The fraction of sp³-hybridized carbons (Fsp3) is 0.562. The normalized spacial score (nSPS) is 17.9. The summed E-state index contributed by atoms with van der Waals surface area (Å²) >= 11 is 0. The standard InChI is InChI=1S/C16H24N4/c1-12(2)11-20-7-5-14(6-8-20)18-15-3-4-16-13(9-15)10-17-19-16/h3-4,9-10,12,14,18H,5-8,11H2,1-2H3,(H,17,19). The van der Waals surface area contributed by atoms with E-state index in [1.165, 1.54) is 43.5 Å². The molecule has 0 unspecified atom stereocenters. The number of hydrogen-bond donors (Lipinski definition) is 2. The molecule has 1 aliphatic rings. The van der Waals surface area contributed by atoms with E-state index in [0.717, 1.165) is 11.4 Å². The van der Waals surface area contributed by atoms with E-state index in [4.69, 9.17) is 0 Å². The van der Waals surface area contributed by atoms with Gasteiger partial charge in [-0.1, -0.05) is 13.8 Å². The Labute approximate surface area is 120 Å². The third-order valence-corrected chi connectivity index (χ3v) is 4.02. The zero-order valence-electron chi connectivity index (χ0n) is 12.4. The number of nitrogens with zero attached hydrogens (tertiary/aromatic N) is 2. The number of aromatic nitrogens is 2. The number of fused-ring (bicyclic) bond motifs is 1. The first-order chi connectivity index (χ1) is 9.70. The van der Waals surface area contributed by atoms with Gasteiger partial charge in [-0.15, -0.1) is 0 Å². The van der Waals surface area contributed by atoms with Crippen LogP contribution >= 0.6 is 0 Å². The zero-order valence-corrected chi connectivity index (χ0v) is 12.4. The van der Waals surface area contributed by atoms with Gasteiger partial charge in [0.25, 0.3) is 0 Å². The Morgan fingerprint density at radius 3 is 2.90 bits per heavy atom. The lowest BCUT2D eigenvalue weighted by Gasteiger charge is -2.33. The molecule has 108 valence electrons. The van der Waals surface area contributed by atoms with Crippen LogP contribution in [-0.2, 0) is 0 Å². The molecule has 0 radical (unpaired) electrons. The molecule has 0 aliphatic carbocycles. The van der Waals surface area contributed by atoms with Crippen LogP contribution in [0.1, 0.15) is 26.7 Å². The lowest BCUT2D eigenvalue weighted by atomic mass is 10.0. The van der Waals surface area contributed by atoms with E-state index in [2.05, 4.69) is 52.5 Å². The van der Waals surface area contributed by atoms with Crippen molar-refractivity contribution in [3.8, 4) is 0 Å². The number of H-pyrrole nitrogens is 1. The van der Waals surface area contributed by atoms with E-state index in [9.17, 15) is 0 Å². The highest BCUT2D eigenvalue weighted by Gasteiger charge is 2.19. The maximum Gasteiger partial charge on any atom is 0.0651 e. The summed E-state index contributed by atoms with van der Waals surface area (Å²) in [6.45, 7) is 8.25. The summed E-state index contributed by atoms with van der Waals surface area (Å²) < 4.78 is 0. The first kappa shape index (κ1) is 13.4. The average Bonchev–Trinajstić information content (AvgIpc) is 2.88. The molecule has 2 aromatic rings. The molecule has 4 heteroatoms. The molecule has 1 aliphatic heterocycles. The molecule has 1 aromatic carbocycles. The largest absolute Gasteiger partial charge is 0.382 e. The second kappa shape index (κ2) is 5.83. The summed E-state index contributed by atoms with van der Waals surface area (Å²) in [5.74, 6) is 0.767. The van der Waals surface area contributed by atoms with Gasteiger partial charge in [-0.3, -0.25) is 5.10 Å². The van der Waals surface area contributed by atoms with Gasteiger partial charge in [0.1, 0.15) is 0 Å². The molecule has 2 N–H and O–H groups in total. The minimum Gasteiger partial charge on any atom is -0.382 e. The van der Waals surface area contributed by atoms with E-state index >= 15 is 0 Å². The molecule has 1 fully saturated rings. The van der Waals surface area contributed by atoms with Crippen LogP contribution in [0.25, 0.3) is 10.9 Å². The summed E-state index contributed by atoms with van der Waals surface area (Å²) in [6, 6.07) is 7.02. The highest BCUT2D eigenvalue weighted by atomic mass is 15.1. The number of hydrogen-bond acceptors (Lipinski definition) is 3. The monoisotopic (exact) mass is 272 g/mol. The molecule has 20 heavy (non-hydrogen) atoms. The number of nitrogens with one attached hydrogen (secondary N) is 2. The predicted octanol–water partition coefficient (Wildman–Crippen LogP) is 3.10. The first-order valence-electron chi connectivity index (χ1n) is 7.63. The van der Waals surface area contributed by atoms with Crippen molar-refractivity contribution < 1.29 is 0 Å². The second-order valence-corrected chi connectivity index (χ2v) is 6.29. The Kier molecular flexibility index (Phi) is 3.92. The molecule has 0 spiro atoms. The van der Waals surface area contributed by atoms with E-state index in [1.54, 1.807) is 0 Å². The molecule has 1 aromatic heterocycles. The van der Waals surface area contributed by atoms with Crippen LogP contribution in [0.4, 0.5) is 5.69 Å². The Morgan fingerprint density at radius 2 is 2.15 bits per heavy atom. The quantitative estimate of drug-likeness (QED) is 0.899. The fourth-order valence-corrected chi connectivity index (χ4v) is 3.04. The summed E-state index contributed by atoms with van der Waals surface area (Å²) in [7, 11) is 0. The lowest BCUT2D eigenvalue weighted by Crippen LogP contribution is -2.40. The smallest absolute Gasteiger partial charge is 0.0651 e. The van der Waals surface area contributed by atoms with Gasteiger partial charge in [0, 0.05) is 36.7 Å². The lowest BCUT2D eigenvalue weighted by molar-refractivity contribution is 0.198. The van der Waals surface area contributed by atoms with Crippen LogP contribution in [0, 0.1) is 5.92 Å². The van der Waals surface area contributed by atoms with Gasteiger partial charge in [0.15, 0.2) is 0 Å². The molecule has 2 heterocycles. The van der Waals surface area contributed by atoms with Crippen molar-refractivity contribution in [3.63, 3.8) is 0 Å². The maximum atomic E-state index is 4.07. The first-order valence-corrected chi connectivity index (χ1v) is 7.63. The van der Waals surface area contributed by atoms with Gasteiger partial charge < -0.3 is 10.2 Å². The van der Waals surface area contributed by atoms with Crippen LogP contribution in [0.5, 0.6) is 0 Å². The molecule has 4 nitrogen and oxygen atoms in total. The van der Waals surface area contributed by atoms with Crippen molar-refractivity contribution in [2.45, 2.75) is 32.7 Å². The van der Waals surface area contributed by atoms with Gasteiger partial charge in [0.05, 0.1) is 11.7 Å². The maximum absolute atomic E-state index is 4.07. The van der Waals surface area contributed by atoms with Gasteiger partial charge in [-0.2, -0.15) is 5.10 Å². The van der Waals surface area contributed by atoms with Gasteiger partial charge >= 0.3 is 0 Å². The molecule has 0 amide bonds. The molecular formula is C16H24N4. The Morgan fingerprint density at radius 1 is 1.35 bits per heavy atom. The zero-order chi connectivity index (χ0) is 13.9. The topological polar surface area (TPSA) is 44.0 Å². The number of rotatable bonds is 4. The molecule has 0 bridgehead atoms. The van der Waals surface area contributed by atoms with Crippen LogP contribution < -0.4 is 5.32 Å². The molecule has 0 saturated carbocycles. The number of aromatic amines is 1. The van der Waals surface area contributed by atoms with E-state index < -0.39 is 0 Å². The van der Waals surface area contributed by atoms with Crippen molar-refractivity contribution in [1.29, 1.82) is 0 Å². The van der Waals surface area contributed by atoms with Crippen LogP contribution in [0.15, 0.2) is 24.4 Å². The second-order valence-electron chi connectivity index (χ2n) is 6.29.